The van der Waals surface area contributed by atoms with E-state index in [0.29, 0.717) is 12.8 Å². The largest absolute Gasteiger partial charge is 0.481 e. The van der Waals surface area contributed by atoms with Gasteiger partial charge in [-0.1, -0.05) is 0 Å². The topological polar surface area (TPSA) is 659 Å². The number of primary amides is 1. The van der Waals surface area contributed by atoms with Crippen LogP contribution in [0.3, 0.4) is 0 Å². The predicted molar refractivity (Wildman–Crippen MR) is 316 cm³/mol. The summed E-state index contributed by atoms with van der Waals surface area (Å²) in [5, 5.41) is 54.6. The molecule has 0 bridgehead atoms. The van der Waals surface area contributed by atoms with E-state index in [1.165, 1.54) is 11.8 Å². The van der Waals surface area contributed by atoms with Crippen molar-refractivity contribution in [3.05, 3.63) is 0 Å². The van der Waals surface area contributed by atoms with Crippen LogP contribution in [0, 0.1) is 0 Å². The number of aliphatic hydroxyl groups is 1. The van der Waals surface area contributed by atoms with E-state index in [1.54, 1.807) is 0 Å². The Labute approximate surface area is 515 Å². The highest BCUT2D eigenvalue weighted by molar-refractivity contribution is 7.80. The molecular formula is C49H85N21O18S. The molecule has 0 unspecified atom stereocenters. The Balaban J connectivity index is 3.34. The van der Waals surface area contributed by atoms with Gasteiger partial charge in [-0.05, 0) is 78.2 Å². The summed E-state index contributed by atoms with van der Waals surface area (Å²) < 4.78 is 0. The van der Waals surface area contributed by atoms with Crippen LogP contribution in [-0.4, -0.2) is 239 Å². The zero-order valence-electron chi connectivity index (χ0n) is 49.2. The number of nitrogens with zero attached hydrogens (tertiary/aromatic N) is 3. The number of guanidine groups is 2. The van der Waals surface area contributed by atoms with E-state index in [-0.39, 0.29) is 88.8 Å². The molecule has 89 heavy (non-hydrogen) atoms. The highest BCUT2D eigenvalue weighted by Crippen LogP contribution is 2.19. The first-order valence-electron chi connectivity index (χ1n) is 27.9. The van der Waals surface area contributed by atoms with E-state index in [0.717, 1.165) is 6.92 Å². The third kappa shape index (κ3) is 31.3. The summed E-state index contributed by atoms with van der Waals surface area (Å²) in [5.74, 6) is -16.6. The van der Waals surface area contributed by atoms with E-state index >= 15 is 0 Å². The summed E-state index contributed by atoms with van der Waals surface area (Å²) in [6, 6.07) is -13.3. The van der Waals surface area contributed by atoms with Crippen LogP contribution in [0.2, 0.25) is 0 Å². The highest BCUT2D eigenvalue weighted by Gasteiger charge is 2.39. The predicted octanol–water partition coefficient (Wildman–Crippen LogP) is -11.8. The third-order valence-electron chi connectivity index (χ3n) is 12.7. The van der Waals surface area contributed by atoms with Crippen molar-refractivity contribution in [2.45, 2.75) is 145 Å². The number of thiol groups is 1. The average molecular weight is 1290 g/mol. The van der Waals surface area contributed by atoms with E-state index in [1.807, 2.05) is 5.32 Å². The van der Waals surface area contributed by atoms with Crippen molar-refractivity contribution in [2.75, 3.05) is 58.1 Å². The van der Waals surface area contributed by atoms with E-state index in [2.05, 4.69) is 75.8 Å². The molecule has 1 heterocycles. The fourth-order valence-corrected chi connectivity index (χ4v) is 8.34. The van der Waals surface area contributed by atoms with Gasteiger partial charge in [-0.3, -0.25) is 77.1 Å². The normalized spacial score (nSPS) is 15.5. The molecule has 0 radical (unpaired) electrons. The molecule has 1 saturated heterocycles. The number of carbonyl (C=O) groups is 15. The molecule has 1 fully saturated rings. The van der Waals surface area contributed by atoms with Crippen LogP contribution >= 0.6 is 12.6 Å². The minimum atomic E-state index is -1.95. The monoisotopic (exact) mass is 1290 g/mol. The Hall–Kier alpha value is -9.18. The number of hydrogen-bond acceptors (Lipinski definition) is 21. The first-order chi connectivity index (χ1) is 41.8. The number of rotatable bonds is 42. The van der Waals surface area contributed by atoms with Crippen molar-refractivity contribution in [1.82, 2.24) is 63.4 Å². The number of aliphatic imine (C=N–C) groups is 2. The van der Waals surface area contributed by atoms with Crippen LogP contribution in [-0.2, 0) is 71.9 Å². The molecule has 39 nitrogen and oxygen atoms in total. The molecule has 10 atom stereocenters. The maximum absolute atomic E-state index is 14.2. The number of aliphatic hydroxyl groups excluding tert-OH is 1. The van der Waals surface area contributed by atoms with E-state index < -0.39 is 188 Å². The van der Waals surface area contributed by atoms with Crippen molar-refractivity contribution < 1.29 is 87.2 Å². The van der Waals surface area contributed by atoms with Crippen LogP contribution in [0.15, 0.2) is 9.98 Å². The number of nitrogens with two attached hydrogens (primary N) is 7. The molecule has 28 N–H and O–H groups in total. The number of unbranched alkanes of at least 4 members (excludes halogenated alkanes) is 1. The van der Waals surface area contributed by atoms with Gasteiger partial charge >= 0.3 is 11.9 Å². The molecule has 0 aromatic carbocycles. The third-order valence-corrected chi connectivity index (χ3v) is 13.0. The number of carboxylic acids is 2. The number of likely N-dealkylation sites (tertiary alicyclic amines) is 1. The van der Waals surface area contributed by atoms with E-state index in [9.17, 15) is 82.1 Å². The zero-order chi connectivity index (χ0) is 67.5. The Kier molecular flexibility index (Phi) is 35.9. The summed E-state index contributed by atoms with van der Waals surface area (Å²) >= 11 is 4.15. The van der Waals surface area contributed by atoms with Gasteiger partial charge in [-0.25, -0.2) is 4.79 Å². The molecule has 1 rings (SSSR count). The maximum Gasteiger partial charge on any atom is 0.326 e. The second kappa shape index (κ2) is 41.1. The van der Waals surface area contributed by atoms with E-state index in [4.69, 9.17) is 45.2 Å². The molecule has 1 aliphatic heterocycles. The second-order valence-corrected chi connectivity index (χ2v) is 20.5. The van der Waals surface area contributed by atoms with Crippen molar-refractivity contribution >= 4 is 113 Å². The Morgan fingerprint density at radius 2 is 0.989 bits per heavy atom. The van der Waals surface area contributed by atoms with Crippen LogP contribution in [0.5, 0.6) is 0 Å². The molecule has 0 aliphatic carbocycles. The van der Waals surface area contributed by atoms with Crippen LogP contribution in [0.4, 0.5) is 0 Å². The maximum atomic E-state index is 14.2. The van der Waals surface area contributed by atoms with Crippen molar-refractivity contribution in [3.63, 3.8) is 0 Å². The SMILES string of the molecule is C[C@H](N)C(=O)N[C@@H](CS)C(=O)N1CCC[C@H]1C(=O)NCC(=O)N[C@@H](CCCCN)C(=O)N[C@@H](CC(=O)O)C(=O)N[C@@H](CCCN=C(N)N)C(=O)N[C@@H](CCCN=C(N)N)C(=O)N[C@H](C(=O)NCC(=O)NCC(=O)NCC(=O)N[C@@H](CC(N)=O)C(=O)O)[C@@H](C)O. The minimum absolute atomic E-state index is 0.0311. The zero-order valence-corrected chi connectivity index (χ0v) is 50.1. The van der Waals surface area contributed by atoms with Crippen LogP contribution in [0.25, 0.3) is 0 Å². The van der Waals surface area contributed by atoms with Gasteiger partial charge in [-0.15, -0.1) is 0 Å². The Bertz CT molecular complexity index is 2570. The minimum Gasteiger partial charge on any atom is -0.481 e. The fourth-order valence-electron chi connectivity index (χ4n) is 8.10. The van der Waals surface area contributed by atoms with Gasteiger partial charge in [0.25, 0.3) is 0 Å². The van der Waals surface area contributed by atoms with Gasteiger partial charge in [0.15, 0.2) is 11.9 Å². The van der Waals surface area contributed by atoms with Crippen LogP contribution in [0.1, 0.15) is 84.5 Å². The number of nitrogens with one attached hydrogen (secondary N) is 11. The summed E-state index contributed by atoms with van der Waals surface area (Å²) in [6.45, 7) is -0.535. The highest BCUT2D eigenvalue weighted by atomic mass is 32.1. The van der Waals surface area contributed by atoms with Crippen molar-refractivity contribution in [1.29, 1.82) is 0 Å². The number of carbonyl (C=O) groups excluding carboxylic acids is 13. The lowest BCUT2D eigenvalue weighted by Crippen LogP contribution is -2.60. The molecule has 1 aliphatic rings. The Morgan fingerprint density at radius 1 is 0.539 bits per heavy atom. The number of hydrogen-bond donors (Lipinski definition) is 22. The fraction of sp³-hybridized carbons (Fsp3) is 0.653. The standard InChI is InChI=1S/C49H85N21O18S/c1-23(51)39(79)68-30(22-89)46(86)70-15-7-11-31(70)44(84)61-21-36(76)63-25(8-3-4-12-50)40(80)67-28(17-37(77)78)43(83)66-26(9-5-13-57-48(53)54)41(81)65-27(10-6-14-58-49(55)56)42(82)69-38(24(2)71)45(85)62-19-34(74)59-18-33(73)60-20-35(75)64-29(47(87)88)16-32(52)72/h23-31,38,71,89H,3-22,50-51H2,1-2H3,(H2,52,72)(H,59,74)(H,60,73)(H,61,84)(H,62,85)(H,63,76)(H,64,75)(H,65,81)(H,66,83)(H,67,80)(H,68,79)(H,69,82)(H,77,78)(H,87,88)(H4,53,54,57)(H4,55,56,58)/t23-,24+,25-,26-,27-,28-,29-,30-,31-,38-/m0/s1. The lowest BCUT2D eigenvalue weighted by atomic mass is 10.0. The lowest BCUT2D eigenvalue weighted by molar-refractivity contribution is -0.143. The van der Waals surface area contributed by atoms with Gasteiger partial charge in [0.1, 0.15) is 48.3 Å². The summed E-state index contributed by atoms with van der Waals surface area (Å²) in [6.07, 6.45) is -3.14. The number of carboxylic acid groups (broad SMARTS) is 2. The summed E-state index contributed by atoms with van der Waals surface area (Å²) in [7, 11) is 0. The lowest BCUT2D eigenvalue weighted by Gasteiger charge is -2.28. The smallest absolute Gasteiger partial charge is 0.326 e. The van der Waals surface area contributed by atoms with Crippen LogP contribution < -0.4 is 98.6 Å². The molecule has 0 aromatic heterocycles. The molecule has 0 aromatic rings. The molecule has 13 amide bonds. The average Bonchev–Trinajstić information content (AvgIpc) is 2.80. The van der Waals surface area contributed by atoms with Crippen molar-refractivity contribution in [3.8, 4) is 0 Å². The molecule has 500 valence electrons. The summed E-state index contributed by atoms with van der Waals surface area (Å²) in [5.41, 5.74) is 38.1. The van der Waals surface area contributed by atoms with Gasteiger partial charge in [0.05, 0.1) is 51.2 Å². The molecular weight excluding hydrogens is 1200 g/mol. The molecule has 0 spiro atoms. The second-order valence-electron chi connectivity index (χ2n) is 20.2. The van der Waals surface area contributed by atoms with Gasteiger partial charge in [0.2, 0.25) is 76.8 Å². The first kappa shape index (κ1) is 77.8. The number of amides is 13. The summed E-state index contributed by atoms with van der Waals surface area (Å²) in [4.78, 5) is 202. The van der Waals surface area contributed by atoms with Gasteiger partial charge < -0.3 is 119 Å². The van der Waals surface area contributed by atoms with Gasteiger partial charge in [0, 0.05) is 25.4 Å². The molecule has 40 heteroatoms. The first-order valence-corrected chi connectivity index (χ1v) is 28.5. The molecule has 0 saturated carbocycles. The van der Waals surface area contributed by atoms with Crippen molar-refractivity contribution in [2.24, 2.45) is 50.1 Å². The number of aliphatic carboxylic acids is 2. The van der Waals surface area contributed by atoms with Gasteiger partial charge in [-0.2, -0.15) is 12.6 Å². The quantitative estimate of drug-likeness (QED) is 0.0117. The Morgan fingerprint density at radius 3 is 1.46 bits per heavy atom.